The molecule has 2 rings (SSSR count). The molecule has 1 fully saturated rings. The van der Waals surface area contributed by atoms with Crippen LogP contribution in [0, 0.1) is 3.57 Å². The van der Waals surface area contributed by atoms with Crippen LogP contribution >= 0.6 is 34.2 Å². The first-order valence-corrected chi connectivity index (χ1v) is 8.17. The molecule has 1 saturated heterocycles. The molecule has 0 aliphatic carbocycles. The Bertz CT molecular complexity index is 613. The van der Waals surface area contributed by atoms with E-state index in [4.69, 9.17) is 16.3 Å². The number of piperazine rings is 1. The molecular formula is C15H16ClIN2O3. The van der Waals surface area contributed by atoms with Crippen molar-refractivity contribution in [1.29, 1.82) is 0 Å². The average molecular weight is 435 g/mol. The molecule has 2 amide bonds. The number of carbonyl (C=O) groups is 2. The molecule has 1 aromatic carbocycles. The summed E-state index contributed by atoms with van der Waals surface area (Å²) in [7, 11) is 1.51. The molecule has 5 nitrogen and oxygen atoms in total. The lowest BCUT2D eigenvalue weighted by Gasteiger charge is -2.34. The Hall–Kier alpha value is -1.28. The van der Waals surface area contributed by atoms with Gasteiger partial charge in [-0.3, -0.25) is 9.59 Å². The Labute approximate surface area is 148 Å². The number of hydrogen-bond acceptors (Lipinski definition) is 3. The molecule has 0 aromatic heterocycles. The van der Waals surface area contributed by atoms with Gasteiger partial charge >= 0.3 is 0 Å². The van der Waals surface area contributed by atoms with E-state index in [1.165, 1.54) is 13.2 Å². The molecule has 1 aliphatic heterocycles. The van der Waals surface area contributed by atoms with E-state index < -0.39 is 0 Å². The van der Waals surface area contributed by atoms with Gasteiger partial charge in [-0.25, -0.2) is 0 Å². The Balaban J connectivity index is 2.15. The van der Waals surface area contributed by atoms with Crippen LogP contribution in [-0.2, 0) is 4.79 Å². The number of benzene rings is 1. The fourth-order valence-corrected chi connectivity index (χ4v) is 2.91. The molecule has 1 aliphatic rings. The Morgan fingerprint density at radius 3 is 2.41 bits per heavy atom. The Kier molecular flexibility index (Phi) is 5.69. The van der Waals surface area contributed by atoms with Gasteiger partial charge in [0, 0.05) is 35.8 Å². The van der Waals surface area contributed by atoms with Crippen LogP contribution < -0.4 is 4.74 Å². The van der Waals surface area contributed by atoms with Crippen LogP contribution in [0.4, 0.5) is 0 Å². The summed E-state index contributed by atoms with van der Waals surface area (Å²) in [6.45, 7) is 5.46. The summed E-state index contributed by atoms with van der Waals surface area (Å²) in [4.78, 5) is 27.6. The second-order valence-corrected chi connectivity index (χ2v) is 6.36. The van der Waals surface area contributed by atoms with Crippen LogP contribution in [-0.4, -0.2) is 54.9 Å². The van der Waals surface area contributed by atoms with E-state index in [2.05, 4.69) is 29.2 Å². The van der Waals surface area contributed by atoms with Gasteiger partial charge in [-0.2, -0.15) is 0 Å². The van der Waals surface area contributed by atoms with E-state index in [1.807, 2.05) is 0 Å². The number of nitrogens with zero attached hydrogens (tertiary/aromatic N) is 2. The standard InChI is InChI=1S/C15H16ClIN2O3/c1-3-14(20)18-4-6-19(7-5-18)15(21)10-8-12(17)11(16)9-13(10)22-2/h3,8-9H,1,4-7H2,2H3. The van der Waals surface area contributed by atoms with E-state index in [0.29, 0.717) is 42.5 Å². The molecule has 0 radical (unpaired) electrons. The molecular weight excluding hydrogens is 419 g/mol. The van der Waals surface area contributed by atoms with Gasteiger partial charge in [0.25, 0.3) is 5.91 Å². The van der Waals surface area contributed by atoms with Gasteiger partial charge < -0.3 is 14.5 Å². The van der Waals surface area contributed by atoms with Crippen LogP contribution in [0.15, 0.2) is 24.8 Å². The molecule has 22 heavy (non-hydrogen) atoms. The average Bonchev–Trinajstić information content (AvgIpc) is 2.55. The number of rotatable bonds is 3. The number of methoxy groups -OCH3 is 1. The summed E-state index contributed by atoms with van der Waals surface area (Å²) < 4.78 is 6.05. The minimum absolute atomic E-state index is 0.106. The van der Waals surface area contributed by atoms with E-state index in [1.54, 1.807) is 21.9 Å². The molecule has 0 unspecified atom stereocenters. The maximum absolute atomic E-state index is 12.7. The van der Waals surface area contributed by atoms with Gasteiger partial charge in [0.05, 0.1) is 17.7 Å². The van der Waals surface area contributed by atoms with E-state index in [0.717, 1.165) is 3.57 Å². The van der Waals surface area contributed by atoms with Crippen LogP contribution in [0.25, 0.3) is 0 Å². The summed E-state index contributed by atoms with van der Waals surface area (Å²) >= 11 is 8.14. The first-order valence-electron chi connectivity index (χ1n) is 6.71. The highest BCUT2D eigenvalue weighted by atomic mass is 127. The lowest BCUT2D eigenvalue weighted by atomic mass is 10.1. The predicted molar refractivity (Wildman–Crippen MR) is 93.4 cm³/mol. The van der Waals surface area contributed by atoms with Crippen molar-refractivity contribution in [3.63, 3.8) is 0 Å². The topological polar surface area (TPSA) is 49.9 Å². The monoisotopic (exact) mass is 434 g/mol. The molecule has 0 spiro atoms. The summed E-state index contributed by atoms with van der Waals surface area (Å²) in [5.41, 5.74) is 0.486. The minimum Gasteiger partial charge on any atom is -0.496 e. The fourth-order valence-electron chi connectivity index (χ4n) is 2.29. The maximum atomic E-state index is 12.7. The van der Waals surface area contributed by atoms with Gasteiger partial charge in [0.2, 0.25) is 5.91 Å². The second kappa shape index (κ2) is 7.32. The maximum Gasteiger partial charge on any atom is 0.257 e. The number of halogens is 2. The third-order valence-electron chi connectivity index (χ3n) is 3.53. The van der Waals surface area contributed by atoms with Gasteiger partial charge in [-0.1, -0.05) is 18.2 Å². The lowest BCUT2D eigenvalue weighted by Crippen LogP contribution is -2.50. The first kappa shape index (κ1) is 17.1. The second-order valence-electron chi connectivity index (χ2n) is 4.79. The van der Waals surface area contributed by atoms with Crippen molar-refractivity contribution in [2.45, 2.75) is 0 Å². The highest BCUT2D eigenvalue weighted by molar-refractivity contribution is 14.1. The number of carbonyl (C=O) groups excluding carboxylic acids is 2. The van der Waals surface area contributed by atoms with Gasteiger partial charge in [-0.15, -0.1) is 0 Å². The fraction of sp³-hybridized carbons (Fsp3) is 0.333. The van der Waals surface area contributed by atoms with E-state index in [9.17, 15) is 9.59 Å². The van der Waals surface area contributed by atoms with Crippen molar-refractivity contribution < 1.29 is 14.3 Å². The van der Waals surface area contributed by atoms with Crippen LogP contribution in [0.1, 0.15) is 10.4 Å². The summed E-state index contributed by atoms with van der Waals surface area (Å²) in [6.07, 6.45) is 1.29. The minimum atomic E-state index is -0.114. The molecule has 0 atom stereocenters. The molecule has 1 heterocycles. The van der Waals surface area contributed by atoms with E-state index in [-0.39, 0.29) is 11.8 Å². The number of ether oxygens (including phenoxy) is 1. The third kappa shape index (κ3) is 3.55. The molecule has 0 saturated carbocycles. The van der Waals surface area contributed by atoms with Crippen LogP contribution in [0.2, 0.25) is 5.02 Å². The zero-order valence-corrected chi connectivity index (χ0v) is 15.1. The van der Waals surface area contributed by atoms with Crippen molar-refractivity contribution in [2.24, 2.45) is 0 Å². The van der Waals surface area contributed by atoms with Crippen LogP contribution in [0.3, 0.4) is 0 Å². The lowest BCUT2D eigenvalue weighted by molar-refractivity contribution is -0.127. The highest BCUT2D eigenvalue weighted by Gasteiger charge is 2.26. The Morgan fingerprint density at radius 1 is 1.27 bits per heavy atom. The summed E-state index contributed by atoms with van der Waals surface area (Å²) in [5, 5.41) is 0.551. The SMILES string of the molecule is C=CC(=O)N1CCN(C(=O)c2cc(I)c(Cl)cc2OC)CC1. The van der Waals surface area contributed by atoms with Gasteiger partial charge in [0.1, 0.15) is 5.75 Å². The predicted octanol–water partition coefficient (Wildman–Crippen LogP) is 2.42. The van der Waals surface area contributed by atoms with Crippen molar-refractivity contribution in [2.75, 3.05) is 33.3 Å². The number of amides is 2. The molecule has 1 aromatic rings. The van der Waals surface area contributed by atoms with Crippen molar-refractivity contribution in [3.05, 3.63) is 38.9 Å². The molecule has 7 heteroatoms. The van der Waals surface area contributed by atoms with E-state index >= 15 is 0 Å². The zero-order chi connectivity index (χ0) is 16.3. The van der Waals surface area contributed by atoms with Crippen molar-refractivity contribution in [3.8, 4) is 5.75 Å². The molecule has 0 N–H and O–H groups in total. The summed E-state index contributed by atoms with van der Waals surface area (Å²) in [6, 6.07) is 3.37. The quantitative estimate of drug-likeness (QED) is 0.542. The van der Waals surface area contributed by atoms with Gasteiger partial charge in [-0.05, 0) is 34.7 Å². The Morgan fingerprint density at radius 2 is 1.86 bits per heavy atom. The van der Waals surface area contributed by atoms with Gasteiger partial charge in [0.15, 0.2) is 0 Å². The third-order valence-corrected chi connectivity index (χ3v) is 5.05. The molecule has 118 valence electrons. The zero-order valence-electron chi connectivity index (χ0n) is 12.1. The van der Waals surface area contributed by atoms with Crippen molar-refractivity contribution >= 4 is 46.0 Å². The van der Waals surface area contributed by atoms with Crippen molar-refractivity contribution in [1.82, 2.24) is 9.80 Å². The smallest absolute Gasteiger partial charge is 0.257 e. The number of hydrogen-bond donors (Lipinski definition) is 0. The van der Waals surface area contributed by atoms with Crippen LogP contribution in [0.5, 0.6) is 5.75 Å². The summed E-state index contributed by atoms with van der Waals surface area (Å²) in [5.74, 6) is 0.239. The molecule has 0 bridgehead atoms. The normalized spacial score (nSPS) is 14.7. The highest BCUT2D eigenvalue weighted by Crippen LogP contribution is 2.29. The largest absolute Gasteiger partial charge is 0.496 e. The first-order chi connectivity index (χ1) is 10.5.